The van der Waals surface area contributed by atoms with Crippen molar-refractivity contribution < 1.29 is 13.2 Å². The first-order valence-corrected chi connectivity index (χ1v) is 6.87. The number of hydrogen-bond acceptors (Lipinski definition) is 4. The molecule has 0 aliphatic rings. The van der Waals surface area contributed by atoms with Crippen molar-refractivity contribution in [1.82, 2.24) is 4.72 Å². The summed E-state index contributed by atoms with van der Waals surface area (Å²) in [5.74, 6) is 0. The van der Waals surface area contributed by atoms with Crippen LogP contribution in [0.5, 0.6) is 0 Å². The highest BCUT2D eigenvalue weighted by Crippen LogP contribution is 2.32. The molecule has 16 heavy (non-hydrogen) atoms. The van der Waals surface area contributed by atoms with Gasteiger partial charge in [0.2, 0.25) is 0 Å². The Kier molecular flexibility index (Phi) is 3.81. The second-order valence-corrected chi connectivity index (χ2v) is 6.11. The summed E-state index contributed by atoms with van der Waals surface area (Å²) in [5.41, 5.74) is 10.6. The largest absolute Gasteiger partial charge is 0.399 e. The van der Waals surface area contributed by atoms with Crippen LogP contribution < -0.4 is 16.2 Å². The standard InChI is InChI=1S/C7H7Br2N3O3S/c8-4-1-3(10)2-5(9)6(4)16(14,15)12-7(11)13/h1-2H,10H2,(H3,11,12,13). The van der Waals surface area contributed by atoms with Gasteiger partial charge in [0.15, 0.2) is 0 Å². The molecule has 2 amide bonds. The lowest BCUT2D eigenvalue weighted by atomic mass is 10.3. The van der Waals surface area contributed by atoms with Crippen LogP contribution in [0.15, 0.2) is 26.0 Å². The molecule has 0 fully saturated rings. The lowest BCUT2D eigenvalue weighted by Gasteiger charge is -2.09. The Morgan fingerprint density at radius 1 is 1.25 bits per heavy atom. The van der Waals surface area contributed by atoms with Crippen LogP contribution >= 0.6 is 31.9 Å². The SMILES string of the molecule is NC(=O)NS(=O)(=O)c1c(Br)cc(N)cc1Br. The van der Waals surface area contributed by atoms with Crippen LogP contribution in [-0.4, -0.2) is 14.4 Å². The smallest absolute Gasteiger partial charge is 0.326 e. The number of primary amides is 1. The molecule has 5 N–H and O–H groups in total. The molecule has 1 aromatic carbocycles. The van der Waals surface area contributed by atoms with Crippen LogP contribution in [0.4, 0.5) is 10.5 Å². The lowest BCUT2D eigenvalue weighted by Crippen LogP contribution is -2.35. The maximum atomic E-state index is 11.7. The summed E-state index contributed by atoms with van der Waals surface area (Å²) in [6, 6.07) is 1.65. The van der Waals surface area contributed by atoms with Gasteiger partial charge in [0.1, 0.15) is 4.90 Å². The van der Waals surface area contributed by atoms with E-state index >= 15 is 0 Å². The van der Waals surface area contributed by atoms with Crippen molar-refractivity contribution in [2.75, 3.05) is 5.73 Å². The molecule has 0 heterocycles. The molecule has 0 saturated heterocycles. The van der Waals surface area contributed by atoms with Gasteiger partial charge in [-0.15, -0.1) is 0 Å². The van der Waals surface area contributed by atoms with E-state index < -0.39 is 16.1 Å². The number of rotatable bonds is 2. The van der Waals surface area contributed by atoms with Gasteiger partial charge >= 0.3 is 6.03 Å². The van der Waals surface area contributed by atoms with Crippen LogP contribution in [0, 0.1) is 0 Å². The topological polar surface area (TPSA) is 115 Å². The highest BCUT2D eigenvalue weighted by atomic mass is 79.9. The molecule has 88 valence electrons. The van der Waals surface area contributed by atoms with Crippen molar-refractivity contribution in [3.05, 3.63) is 21.1 Å². The molecule has 1 aromatic rings. The van der Waals surface area contributed by atoms with E-state index in [0.29, 0.717) is 5.69 Å². The fourth-order valence-electron chi connectivity index (χ4n) is 1.02. The van der Waals surface area contributed by atoms with Crippen molar-refractivity contribution in [2.24, 2.45) is 5.73 Å². The van der Waals surface area contributed by atoms with E-state index in [1.54, 1.807) is 4.72 Å². The van der Waals surface area contributed by atoms with Gasteiger partial charge in [-0.25, -0.2) is 17.9 Å². The third kappa shape index (κ3) is 2.86. The van der Waals surface area contributed by atoms with Gasteiger partial charge < -0.3 is 11.5 Å². The zero-order valence-electron chi connectivity index (χ0n) is 7.70. The Bertz CT molecular complexity index is 521. The number of hydrogen-bond donors (Lipinski definition) is 3. The average molecular weight is 373 g/mol. The van der Waals surface area contributed by atoms with E-state index in [0.717, 1.165) is 0 Å². The summed E-state index contributed by atoms with van der Waals surface area (Å²) in [7, 11) is -4.01. The third-order valence-electron chi connectivity index (χ3n) is 1.52. The molecule has 0 aromatic heterocycles. The molecular formula is C7H7Br2N3O3S. The number of carbonyl (C=O) groups is 1. The van der Waals surface area contributed by atoms with Gasteiger partial charge in [-0.2, -0.15) is 0 Å². The Hall–Kier alpha value is -0.800. The highest BCUT2D eigenvalue weighted by Gasteiger charge is 2.22. The molecule has 6 nitrogen and oxygen atoms in total. The molecule has 0 spiro atoms. The first-order valence-electron chi connectivity index (χ1n) is 3.81. The predicted octanol–water partition coefficient (Wildman–Crippen LogP) is 1.15. The maximum Gasteiger partial charge on any atom is 0.326 e. The minimum Gasteiger partial charge on any atom is -0.399 e. The first-order chi connectivity index (χ1) is 7.24. The molecule has 0 aliphatic carbocycles. The molecule has 0 atom stereocenters. The van der Waals surface area contributed by atoms with E-state index in [2.05, 4.69) is 31.9 Å². The zero-order valence-corrected chi connectivity index (χ0v) is 11.7. The van der Waals surface area contributed by atoms with Gasteiger partial charge in [0.25, 0.3) is 10.0 Å². The van der Waals surface area contributed by atoms with Crippen molar-refractivity contribution in [3.63, 3.8) is 0 Å². The second-order valence-electron chi connectivity index (χ2n) is 2.78. The van der Waals surface area contributed by atoms with Crippen LogP contribution in [0.1, 0.15) is 0 Å². The molecule has 0 saturated carbocycles. The molecule has 0 unspecified atom stereocenters. The number of urea groups is 1. The summed E-state index contributed by atoms with van der Waals surface area (Å²) in [5, 5.41) is 0. The number of nitrogen functional groups attached to an aromatic ring is 1. The van der Waals surface area contributed by atoms with E-state index in [-0.39, 0.29) is 13.8 Å². The molecule has 0 radical (unpaired) electrons. The van der Waals surface area contributed by atoms with E-state index in [1.807, 2.05) is 0 Å². The minimum absolute atomic E-state index is 0.138. The number of nitrogens with two attached hydrogens (primary N) is 2. The summed E-state index contributed by atoms with van der Waals surface area (Å²) >= 11 is 6.08. The fourth-order valence-corrected chi connectivity index (χ4v) is 4.52. The quantitative estimate of drug-likeness (QED) is 0.675. The second kappa shape index (κ2) is 4.60. The van der Waals surface area contributed by atoms with Crippen molar-refractivity contribution in [2.45, 2.75) is 4.90 Å². The predicted molar refractivity (Wildman–Crippen MR) is 66.2 cm³/mol. The first kappa shape index (κ1) is 13.3. The number of nitrogens with one attached hydrogen (secondary N) is 1. The molecule has 0 bridgehead atoms. The fraction of sp³-hybridized carbons (Fsp3) is 0. The summed E-state index contributed by atoms with van der Waals surface area (Å²) in [6.07, 6.45) is 0. The molecule has 9 heteroatoms. The molecular weight excluding hydrogens is 366 g/mol. The maximum absolute atomic E-state index is 11.7. The van der Waals surface area contributed by atoms with Crippen LogP contribution in [-0.2, 0) is 10.0 Å². The Labute approximate surface area is 109 Å². The van der Waals surface area contributed by atoms with Crippen LogP contribution in [0.3, 0.4) is 0 Å². The van der Waals surface area contributed by atoms with Gasteiger partial charge in [0.05, 0.1) is 0 Å². The highest BCUT2D eigenvalue weighted by molar-refractivity contribution is 9.11. The summed E-state index contributed by atoms with van der Waals surface area (Å²) < 4.78 is 25.5. The number of halogens is 2. The van der Waals surface area contributed by atoms with Crippen LogP contribution in [0.2, 0.25) is 0 Å². The lowest BCUT2D eigenvalue weighted by molar-refractivity contribution is 0.253. The third-order valence-corrected chi connectivity index (χ3v) is 4.75. The zero-order chi connectivity index (χ0) is 12.5. The number of sulfonamides is 1. The van der Waals surface area contributed by atoms with E-state index in [9.17, 15) is 13.2 Å². The average Bonchev–Trinajstić information content (AvgIpc) is 1.96. The number of carbonyl (C=O) groups excluding carboxylic acids is 1. The molecule has 1 rings (SSSR count). The number of amides is 2. The Morgan fingerprint density at radius 3 is 2.06 bits per heavy atom. The van der Waals surface area contributed by atoms with E-state index in [4.69, 9.17) is 11.5 Å². The van der Waals surface area contributed by atoms with Crippen molar-refractivity contribution in [1.29, 1.82) is 0 Å². The number of benzene rings is 1. The normalized spacial score (nSPS) is 11.1. The summed E-state index contributed by atoms with van der Waals surface area (Å²) in [6.45, 7) is 0. The summed E-state index contributed by atoms with van der Waals surface area (Å²) in [4.78, 5) is 10.4. The number of anilines is 1. The van der Waals surface area contributed by atoms with Gasteiger partial charge in [-0.3, -0.25) is 0 Å². The minimum atomic E-state index is -4.01. The van der Waals surface area contributed by atoms with Crippen molar-refractivity contribution >= 4 is 53.6 Å². The van der Waals surface area contributed by atoms with Gasteiger partial charge in [-0.1, -0.05) is 0 Å². The van der Waals surface area contributed by atoms with Crippen LogP contribution in [0.25, 0.3) is 0 Å². The van der Waals surface area contributed by atoms with E-state index in [1.165, 1.54) is 12.1 Å². The van der Waals surface area contributed by atoms with Crippen molar-refractivity contribution in [3.8, 4) is 0 Å². The molecule has 0 aliphatic heterocycles. The Balaban J connectivity index is 3.39. The Morgan fingerprint density at radius 2 is 1.69 bits per heavy atom. The monoisotopic (exact) mass is 371 g/mol. The van der Waals surface area contributed by atoms with Gasteiger partial charge in [0, 0.05) is 14.6 Å². The van der Waals surface area contributed by atoms with Gasteiger partial charge in [-0.05, 0) is 44.0 Å².